The molecule has 0 saturated carbocycles. The highest BCUT2D eigenvalue weighted by Crippen LogP contribution is 2.12. The molecule has 2 heteroatoms. The molecule has 0 fully saturated rings. The van der Waals surface area contributed by atoms with Crippen molar-refractivity contribution in [2.45, 2.75) is 6.54 Å². The molecule has 1 aromatic rings. The molecule has 1 aliphatic heterocycles. The van der Waals surface area contributed by atoms with Gasteiger partial charge in [-0.05, 0) is 23.4 Å². The van der Waals surface area contributed by atoms with E-state index in [2.05, 4.69) is 35.7 Å². The summed E-state index contributed by atoms with van der Waals surface area (Å²) in [5.41, 5.74) is 2.71. The molecule has 0 atom stereocenters. The Bertz CT molecular complexity index is 268. The zero-order valence-corrected chi connectivity index (χ0v) is 8.41. The third-order valence-electron chi connectivity index (χ3n) is 1.73. The fourth-order valence-electron chi connectivity index (χ4n) is 1.18. The first-order valence-corrected chi connectivity index (χ1v) is 3.45. The van der Waals surface area contributed by atoms with Crippen LogP contribution in [0.5, 0.6) is 0 Å². The van der Waals surface area contributed by atoms with Crippen LogP contribution in [0, 0.1) is 0 Å². The van der Waals surface area contributed by atoms with E-state index in [4.69, 9.17) is 0 Å². The van der Waals surface area contributed by atoms with Crippen molar-refractivity contribution in [2.24, 2.45) is 0 Å². The summed E-state index contributed by atoms with van der Waals surface area (Å²) < 4.78 is 0. The highest BCUT2D eigenvalue weighted by Gasteiger charge is 1.99. The van der Waals surface area contributed by atoms with Crippen LogP contribution >= 0.6 is 24.0 Å². The number of halogens is 1. The summed E-state index contributed by atoms with van der Waals surface area (Å²) in [6.07, 6.45) is 4.08. The average molecular weight is 259 g/mol. The zero-order valence-electron chi connectivity index (χ0n) is 6.08. The van der Waals surface area contributed by atoms with E-state index in [1.807, 2.05) is 6.20 Å². The van der Waals surface area contributed by atoms with E-state index in [9.17, 15) is 0 Å². The summed E-state index contributed by atoms with van der Waals surface area (Å²) in [5, 5.41) is 3.16. The predicted octanol–water partition coefficient (Wildman–Crippen LogP) is 2.38. The molecule has 1 aliphatic rings. The Hall–Kier alpha value is -0.510. The van der Waals surface area contributed by atoms with Crippen molar-refractivity contribution in [2.75, 3.05) is 0 Å². The fraction of sp³-hybridized carbons (Fsp3) is 0.111. The molecule has 58 valence electrons. The SMILES string of the molecule is C1=Cc2ccccc2CN1.I. The molecule has 0 radical (unpaired) electrons. The largest absolute Gasteiger partial charge is 0.387 e. The Morgan fingerprint density at radius 2 is 2.00 bits per heavy atom. The van der Waals surface area contributed by atoms with Crippen LogP contribution in [0.3, 0.4) is 0 Å². The summed E-state index contributed by atoms with van der Waals surface area (Å²) in [4.78, 5) is 0. The second-order valence-electron chi connectivity index (χ2n) is 2.41. The number of fused-ring (bicyclic) bond motifs is 1. The van der Waals surface area contributed by atoms with Crippen molar-refractivity contribution in [3.05, 3.63) is 41.6 Å². The molecule has 0 bridgehead atoms. The third kappa shape index (κ3) is 1.74. The van der Waals surface area contributed by atoms with Crippen molar-refractivity contribution in [3.8, 4) is 0 Å². The quantitative estimate of drug-likeness (QED) is 0.705. The van der Waals surface area contributed by atoms with Gasteiger partial charge in [0.2, 0.25) is 0 Å². The van der Waals surface area contributed by atoms with E-state index in [0.29, 0.717) is 0 Å². The summed E-state index contributed by atoms with van der Waals surface area (Å²) in [6, 6.07) is 8.41. The van der Waals surface area contributed by atoms with Crippen LogP contribution in [-0.4, -0.2) is 0 Å². The number of hydrogen-bond acceptors (Lipinski definition) is 1. The predicted molar refractivity (Wildman–Crippen MR) is 57.7 cm³/mol. The van der Waals surface area contributed by atoms with E-state index < -0.39 is 0 Å². The van der Waals surface area contributed by atoms with Gasteiger partial charge >= 0.3 is 0 Å². The second kappa shape index (κ2) is 3.76. The van der Waals surface area contributed by atoms with Gasteiger partial charge in [0.1, 0.15) is 0 Å². The summed E-state index contributed by atoms with van der Waals surface area (Å²) in [7, 11) is 0. The summed E-state index contributed by atoms with van der Waals surface area (Å²) in [5.74, 6) is 0. The van der Waals surface area contributed by atoms with Gasteiger partial charge in [0.25, 0.3) is 0 Å². The van der Waals surface area contributed by atoms with E-state index in [1.54, 1.807) is 0 Å². The summed E-state index contributed by atoms with van der Waals surface area (Å²) in [6.45, 7) is 0.965. The van der Waals surface area contributed by atoms with Gasteiger partial charge in [0, 0.05) is 6.54 Å². The standard InChI is InChI=1S/C9H9N.HI/c1-2-4-9-7-10-6-5-8(9)3-1;/h1-6,10H,7H2;1H. The van der Waals surface area contributed by atoms with Crippen molar-refractivity contribution >= 4 is 30.1 Å². The highest BCUT2D eigenvalue weighted by atomic mass is 127. The number of nitrogens with one attached hydrogen (secondary N) is 1. The third-order valence-corrected chi connectivity index (χ3v) is 1.73. The lowest BCUT2D eigenvalue weighted by Crippen LogP contribution is -2.09. The topological polar surface area (TPSA) is 12.0 Å². The number of benzene rings is 1. The van der Waals surface area contributed by atoms with Gasteiger partial charge in [-0.25, -0.2) is 0 Å². The minimum atomic E-state index is 0. The fourth-order valence-corrected chi connectivity index (χ4v) is 1.18. The van der Waals surface area contributed by atoms with Crippen molar-refractivity contribution in [1.29, 1.82) is 0 Å². The van der Waals surface area contributed by atoms with Gasteiger partial charge in [0.05, 0.1) is 0 Å². The zero-order chi connectivity index (χ0) is 6.81. The maximum absolute atomic E-state index is 3.16. The lowest BCUT2D eigenvalue weighted by molar-refractivity contribution is 0.859. The molecule has 1 N–H and O–H groups in total. The van der Waals surface area contributed by atoms with E-state index in [0.717, 1.165) is 6.54 Å². The lowest BCUT2D eigenvalue weighted by atomic mass is 10.1. The van der Waals surface area contributed by atoms with E-state index in [-0.39, 0.29) is 24.0 Å². The van der Waals surface area contributed by atoms with Gasteiger partial charge in [0.15, 0.2) is 0 Å². The highest BCUT2D eigenvalue weighted by molar-refractivity contribution is 14.0. The molecule has 0 unspecified atom stereocenters. The molecule has 1 heterocycles. The van der Waals surface area contributed by atoms with E-state index >= 15 is 0 Å². The number of hydrogen-bond donors (Lipinski definition) is 1. The molecular weight excluding hydrogens is 249 g/mol. The Kier molecular flexibility index (Phi) is 2.93. The Balaban J connectivity index is 0.000000605. The molecular formula is C9H10IN. The second-order valence-corrected chi connectivity index (χ2v) is 2.41. The van der Waals surface area contributed by atoms with Gasteiger partial charge in [-0.2, -0.15) is 0 Å². The Labute approximate surface area is 83.5 Å². The first kappa shape index (κ1) is 8.59. The minimum absolute atomic E-state index is 0. The van der Waals surface area contributed by atoms with Crippen molar-refractivity contribution < 1.29 is 0 Å². The monoisotopic (exact) mass is 259 g/mol. The van der Waals surface area contributed by atoms with Crippen LogP contribution < -0.4 is 5.32 Å². The van der Waals surface area contributed by atoms with Gasteiger partial charge < -0.3 is 5.32 Å². The molecule has 0 saturated heterocycles. The molecule has 0 aliphatic carbocycles. The average Bonchev–Trinajstić information content (AvgIpc) is 2.05. The molecule has 0 spiro atoms. The maximum atomic E-state index is 3.16. The Morgan fingerprint density at radius 1 is 1.18 bits per heavy atom. The van der Waals surface area contributed by atoms with Crippen LogP contribution in [0.1, 0.15) is 11.1 Å². The van der Waals surface area contributed by atoms with Gasteiger partial charge in [-0.3, -0.25) is 0 Å². The van der Waals surface area contributed by atoms with Crippen LogP contribution in [0.15, 0.2) is 30.5 Å². The summed E-state index contributed by atoms with van der Waals surface area (Å²) >= 11 is 0. The molecule has 11 heavy (non-hydrogen) atoms. The molecule has 0 aromatic heterocycles. The Morgan fingerprint density at radius 3 is 2.82 bits per heavy atom. The first-order valence-electron chi connectivity index (χ1n) is 3.45. The molecule has 0 amide bonds. The smallest absolute Gasteiger partial charge is 0.0401 e. The molecule has 1 aromatic carbocycles. The first-order chi connectivity index (χ1) is 4.97. The van der Waals surface area contributed by atoms with Crippen LogP contribution in [-0.2, 0) is 6.54 Å². The van der Waals surface area contributed by atoms with Crippen molar-refractivity contribution in [3.63, 3.8) is 0 Å². The van der Waals surface area contributed by atoms with Crippen LogP contribution in [0.2, 0.25) is 0 Å². The van der Waals surface area contributed by atoms with Gasteiger partial charge in [-0.15, -0.1) is 24.0 Å². The molecule has 1 nitrogen and oxygen atoms in total. The van der Waals surface area contributed by atoms with Gasteiger partial charge in [-0.1, -0.05) is 24.3 Å². The normalized spacial score (nSPS) is 12.7. The van der Waals surface area contributed by atoms with Crippen LogP contribution in [0.4, 0.5) is 0 Å². The van der Waals surface area contributed by atoms with E-state index in [1.165, 1.54) is 11.1 Å². The number of rotatable bonds is 0. The maximum Gasteiger partial charge on any atom is 0.0401 e. The lowest BCUT2D eigenvalue weighted by Gasteiger charge is -2.10. The minimum Gasteiger partial charge on any atom is -0.387 e. The molecule has 2 rings (SSSR count). The van der Waals surface area contributed by atoms with Crippen molar-refractivity contribution in [1.82, 2.24) is 5.32 Å². The van der Waals surface area contributed by atoms with Crippen LogP contribution in [0.25, 0.3) is 6.08 Å².